The number of fused-ring (bicyclic) bond motifs is 1. The van der Waals surface area contributed by atoms with Gasteiger partial charge in [-0.2, -0.15) is 0 Å². The summed E-state index contributed by atoms with van der Waals surface area (Å²) in [4.78, 5) is 24.6. The number of nitrogens with zero attached hydrogens (tertiary/aromatic N) is 3. The van der Waals surface area contributed by atoms with E-state index in [0.29, 0.717) is 16.3 Å². The van der Waals surface area contributed by atoms with Crippen molar-refractivity contribution in [1.29, 1.82) is 0 Å². The average molecular weight is 403 g/mol. The van der Waals surface area contributed by atoms with E-state index >= 15 is 0 Å². The summed E-state index contributed by atoms with van der Waals surface area (Å²) in [7, 11) is 0. The van der Waals surface area contributed by atoms with Crippen molar-refractivity contribution < 1.29 is 13.6 Å². The Balaban J connectivity index is 1.60. The molecule has 5 nitrogen and oxygen atoms in total. The van der Waals surface area contributed by atoms with Crippen molar-refractivity contribution in [3.63, 3.8) is 0 Å². The lowest BCUT2D eigenvalue weighted by molar-refractivity contribution is 0.101. The summed E-state index contributed by atoms with van der Waals surface area (Å²) in [6.07, 6.45) is 2.71. The maximum absolute atomic E-state index is 13.7. The predicted molar refractivity (Wildman–Crippen MR) is 100.0 cm³/mol. The summed E-state index contributed by atoms with van der Waals surface area (Å²) >= 11 is 7.75. The molecule has 2 aromatic heterocycles. The van der Waals surface area contributed by atoms with Crippen molar-refractivity contribution in [3.05, 3.63) is 70.5 Å². The Morgan fingerprint density at radius 3 is 2.56 bits per heavy atom. The van der Waals surface area contributed by atoms with E-state index in [4.69, 9.17) is 11.6 Å². The molecule has 4 rings (SSSR count). The standard InChI is InChI=1S/C18H9ClF2N4OS/c19-10-5-13-15(27-8-24-13)4-9(10)14-6-23-16(7-22-14)25-18(26)17-11(20)2-1-3-12(17)21/h1-8H,(H,23,25,26). The number of hydrogen-bond acceptors (Lipinski definition) is 5. The quantitative estimate of drug-likeness (QED) is 0.527. The molecule has 27 heavy (non-hydrogen) atoms. The number of hydrogen-bond donors (Lipinski definition) is 1. The van der Waals surface area contributed by atoms with Gasteiger partial charge >= 0.3 is 0 Å². The van der Waals surface area contributed by atoms with Crippen LogP contribution >= 0.6 is 22.9 Å². The number of thiazole rings is 1. The van der Waals surface area contributed by atoms with Gasteiger partial charge in [-0.3, -0.25) is 9.78 Å². The molecule has 0 atom stereocenters. The van der Waals surface area contributed by atoms with E-state index in [1.807, 2.05) is 6.07 Å². The Kier molecular flexibility index (Phi) is 4.51. The Hall–Kier alpha value is -2.97. The lowest BCUT2D eigenvalue weighted by atomic mass is 10.1. The molecule has 4 aromatic rings. The van der Waals surface area contributed by atoms with Crippen LogP contribution in [0.4, 0.5) is 14.6 Å². The number of carbonyl (C=O) groups is 1. The van der Waals surface area contributed by atoms with E-state index in [2.05, 4.69) is 20.3 Å². The van der Waals surface area contributed by atoms with Crippen LogP contribution in [0.15, 0.2) is 48.2 Å². The molecule has 0 aliphatic carbocycles. The molecule has 0 aliphatic heterocycles. The molecule has 0 fully saturated rings. The molecule has 0 bridgehead atoms. The zero-order chi connectivity index (χ0) is 19.0. The maximum atomic E-state index is 13.7. The largest absolute Gasteiger partial charge is 0.305 e. The van der Waals surface area contributed by atoms with Gasteiger partial charge in [0.1, 0.15) is 17.2 Å². The van der Waals surface area contributed by atoms with Gasteiger partial charge in [0.15, 0.2) is 5.82 Å². The molecule has 0 radical (unpaired) electrons. The summed E-state index contributed by atoms with van der Waals surface area (Å²) in [5, 5.41) is 2.79. The highest BCUT2D eigenvalue weighted by molar-refractivity contribution is 7.16. The SMILES string of the molecule is O=C(Nc1cnc(-c2cc3scnc3cc2Cl)cn1)c1c(F)cccc1F. The van der Waals surface area contributed by atoms with Gasteiger partial charge in [-0.15, -0.1) is 11.3 Å². The predicted octanol–water partition coefficient (Wildman–Crippen LogP) is 4.94. The minimum absolute atomic E-state index is 0.0568. The Morgan fingerprint density at radius 2 is 1.85 bits per heavy atom. The number of benzene rings is 2. The van der Waals surface area contributed by atoms with E-state index in [0.717, 1.165) is 22.3 Å². The monoisotopic (exact) mass is 402 g/mol. The first-order chi connectivity index (χ1) is 13.0. The van der Waals surface area contributed by atoms with Crippen molar-refractivity contribution in [2.75, 3.05) is 5.32 Å². The molecule has 134 valence electrons. The van der Waals surface area contributed by atoms with Gasteiger partial charge in [0.2, 0.25) is 0 Å². The van der Waals surface area contributed by atoms with E-state index in [9.17, 15) is 13.6 Å². The number of halogens is 3. The second-order valence-corrected chi connectivity index (χ2v) is 6.78. The fraction of sp³-hybridized carbons (Fsp3) is 0. The average Bonchev–Trinajstić information content (AvgIpc) is 3.09. The normalized spacial score (nSPS) is 10.9. The Labute approximate surface area is 160 Å². The first-order valence-corrected chi connectivity index (χ1v) is 8.89. The molecular formula is C18H9ClF2N4OS. The van der Waals surface area contributed by atoms with Gasteiger partial charge in [-0.25, -0.2) is 18.7 Å². The lowest BCUT2D eigenvalue weighted by Crippen LogP contribution is -2.16. The van der Waals surface area contributed by atoms with Crippen LogP contribution in [0.3, 0.4) is 0 Å². The van der Waals surface area contributed by atoms with Crippen molar-refractivity contribution >= 4 is 44.9 Å². The number of nitrogens with one attached hydrogen (secondary N) is 1. The minimum Gasteiger partial charge on any atom is -0.305 e. The summed E-state index contributed by atoms with van der Waals surface area (Å²) in [5.41, 5.74) is 2.99. The van der Waals surface area contributed by atoms with Crippen LogP contribution in [0.25, 0.3) is 21.5 Å². The van der Waals surface area contributed by atoms with Crippen LogP contribution in [-0.4, -0.2) is 20.9 Å². The highest BCUT2D eigenvalue weighted by atomic mass is 35.5. The molecule has 1 N–H and O–H groups in total. The Morgan fingerprint density at radius 1 is 1.07 bits per heavy atom. The maximum Gasteiger partial charge on any atom is 0.262 e. The van der Waals surface area contributed by atoms with Crippen LogP contribution in [0.5, 0.6) is 0 Å². The smallest absolute Gasteiger partial charge is 0.262 e. The fourth-order valence-electron chi connectivity index (χ4n) is 2.50. The third kappa shape index (κ3) is 3.36. The minimum atomic E-state index is -0.957. The molecule has 2 aromatic carbocycles. The molecular weight excluding hydrogens is 394 g/mol. The summed E-state index contributed by atoms with van der Waals surface area (Å²) in [6, 6.07) is 6.78. The topological polar surface area (TPSA) is 67.8 Å². The number of amides is 1. The van der Waals surface area contributed by atoms with Gasteiger partial charge in [0.25, 0.3) is 5.91 Å². The van der Waals surface area contributed by atoms with E-state index in [1.54, 1.807) is 11.6 Å². The zero-order valence-corrected chi connectivity index (χ0v) is 15.0. The summed E-state index contributed by atoms with van der Waals surface area (Å²) in [6.45, 7) is 0. The summed E-state index contributed by atoms with van der Waals surface area (Å²) < 4.78 is 28.3. The van der Waals surface area contributed by atoms with E-state index in [1.165, 1.54) is 29.8 Å². The van der Waals surface area contributed by atoms with Crippen LogP contribution in [0.1, 0.15) is 10.4 Å². The number of rotatable bonds is 3. The second kappa shape index (κ2) is 6.98. The lowest BCUT2D eigenvalue weighted by Gasteiger charge is -2.08. The van der Waals surface area contributed by atoms with Gasteiger partial charge in [0, 0.05) is 5.56 Å². The van der Waals surface area contributed by atoms with E-state index in [-0.39, 0.29) is 5.82 Å². The molecule has 1 amide bonds. The molecule has 2 heterocycles. The second-order valence-electron chi connectivity index (χ2n) is 5.49. The molecule has 0 saturated heterocycles. The van der Waals surface area contributed by atoms with Gasteiger partial charge in [-0.05, 0) is 24.3 Å². The fourth-order valence-corrected chi connectivity index (χ4v) is 3.45. The number of aromatic nitrogens is 3. The number of carbonyl (C=O) groups excluding carboxylic acids is 1. The highest BCUT2D eigenvalue weighted by Crippen LogP contribution is 2.32. The van der Waals surface area contributed by atoms with Crippen LogP contribution < -0.4 is 5.32 Å². The molecule has 0 spiro atoms. The van der Waals surface area contributed by atoms with Crippen LogP contribution in [-0.2, 0) is 0 Å². The summed E-state index contributed by atoms with van der Waals surface area (Å²) in [5.74, 6) is -2.80. The van der Waals surface area contributed by atoms with Crippen molar-refractivity contribution in [3.8, 4) is 11.3 Å². The Bertz CT molecular complexity index is 1140. The van der Waals surface area contributed by atoms with E-state index < -0.39 is 23.1 Å². The highest BCUT2D eigenvalue weighted by Gasteiger charge is 2.18. The first kappa shape index (κ1) is 17.4. The van der Waals surface area contributed by atoms with Crippen molar-refractivity contribution in [2.45, 2.75) is 0 Å². The van der Waals surface area contributed by atoms with Crippen LogP contribution in [0, 0.1) is 11.6 Å². The molecule has 0 saturated carbocycles. The zero-order valence-electron chi connectivity index (χ0n) is 13.4. The van der Waals surface area contributed by atoms with Crippen LogP contribution in [0.2, 0.25) is 5.02 Å². The first-order valence-electron chi connectivity index (χ1n) is 7.63. The molecule has 0 unspecified atom stereocenters. The molecule has 9 heteroatoms. The van der Waals surface area contributed by atoms with Gasteiger partial charge < -0.3 is 5.32 Å². The third-order valence-electron chi connectivity index (χ3n) is 3.78. The van der Waals surface area contributed by atoms with Crippen molar-refractivity contribution in [2.24, 2.45) is 0 Å². The molecule has 0 aliphatic rings. The van der Waals surface area contributed by atoms with Gasteiger partial charge in [-0.1, -0.05) is 17.7 Å². The van der Waals surface area contributed by atoms with Crippen molar-refractivity contribution in [1.82, 2.24) is 15.0 Å². The van der Waals surface area contributed by atoms with Gasteiger partial charge in [0.05, 0.1) is 38.8 Å². The third-order valence-corrected chi connectivity index (χ3v) is 4.88. The number of anilines is 1.